The molecule has 1 unspecified atom stereocenters. The van der Waals surface area contributed by atoms with Crippen LogP contribution in [0.5, 0.6) is 0 Å². The van der Waals surface area contributed by atoms with Crippen molar-refractivity contribution in [2.24, 2.45) is 5.92 Å². The second-order valence-corrected chi connectivity index (χ2v) is 6.28. The molecule has 1 atom stereocenters. The smallest absolute Gasteiger partial charge is 0.134 e. The maximum absolute atomic E-state index is 9.49. The number of halogens is 1. The molecule has 0 spiro atoms. The lowest BCUT2D eigenvalue weighted by molar-refractivity contribution is 0.281. The lowest BCUT2D eigenvalue weighted by Gasteiger charge is -2.24. The number of hydrogen-bond donors (Lipinski definition) is 1. The summed E-state index contributed by atoms with van der Waals surface area (Å²) in [4.78, 5) is 6.85. The number of aliphatic hydroxyl groups is 1. The van der Waals surface area contributed by atoms with Gasteiger partial charge in [-0.2, -0.15) is 0 Å². The summed E-state index contributed by atoms with van der Waals surface area (Å²) in [5.74, 6) is 1.82. The number of aliphatic hydroxyl groups excluding tert-OH is 1. The van der Waals surface area contributed by atoms with Crippen LogP contribution < -0.4 is 4.90 Å². The molecule has 1 aromatic rings. The molecule has 0 saturated carbocycles. The molecule has 2 heterocycles. The van der Waals surface area contributed by atoms with Gasteiger partial charge < -0.3 is 10.0 Å². The van der Waals surface area contributed by atoms with Crippen molar-refractivity contribution in [3.05, 3.63) is 22.3 Å². The van der Waals surface area contributed by atoms with Crippen molar-refractivity contribution >= 4 is 21.7 Å². The molecule has 19 heavy (non-hydrogen) atoms. The van der Waals surface area contributed by atoms with Crippen molar-refractivity contribution in [1.82, 2.24) is 4.98 Å². The first kappa shape index (κ1) is 14.8. The molecule has 0 aromatic carbocycles. The Morgan fingerprint density at radius 3 is 3.00 bits per heavy atom. The third-order valence-electron chi connectivity index (χ3n) is 3.92. The Bertz CT molecular complexity index is 411. The van der Waals surface area contributed by atoms with Gasteiger partial charge in [0, 0.05) is 29.3 Å². The third-order valence-corrected chi connectivity index (χ3v) is 4.36. The predicted molar refractivity (Wildman–Crippen MR) is 82.3 cm³/mol. The summed E-state index contributed by atoms with van der Waals surface area (Å²) in [6, 6.07) is 1.97. The van der Waals surface area contributed by atoms with Crippen LogP contribution in [0.4, 0.5) is 5.82 Å². The van der Waals surface area contributed by atoms with E-state index >= 15 is 0 Å². The monoisotopic (exact) mass is 326 g/mol. The molecule has 3 nitrogen and oxygen atoms in total. The standard InChI is InChI=1S/C15H23BrN2O/c1-2-4-12-5-3-7-18(8-6-12)15-13(11-19)9-14(16)10-17-15/h9-10,12,19H,2-8,11H2,1H3. The van der Waals surface area contributed by atoms with Crippen molar-refractivity contribution < 1.29 is 5.11 Å². The summed E-state index contributed by atoms with van der Waals surface area (Å²) in [5, 5.41) is 9.49. The van der Waals surface area contributed by atoms with Gasteiger partial charge in [-0.3, -0.25) is 0 Å². The summed E-state index contributed by atoms with van der Waals surface area (Å²) in [5.41, 5.74) is 0.920. The summed E-state index contributed by atoms with van der Waals surface area (Å²) >= 11 is 3.41. The van der Waals surface area contributed by atoms with Crippen molar-refractivity contribution in [3.63, 3.8) is 0 Å². The van der Waals surface area contributed by atoms with Crippen molar-refractivity contribution in [3.8, 4) is 0 Å². The van der Waals surface area contributed by atoms with Gasteiger partial charge in [-0.25, -0.2) is 4.98 Å². The van der Waals surface area contributed by atoms with Crippen LogP contribution in [0.15, 0.2) is 16.7 Å². The molecule has 0 aliphatic carbocycles. The molecule has 1 aliphatic rings. The topological polar surface area (TPSA) is 36.4 Å². The fourth-order valence-corrected chi connectivity index (χ4v) is 3.33. The minimum Gasteiger partial charge on any atom is -0.392 e. The quantitative estimate of drug-likeness (QED) is 0.915. The molecule has 1 aliphatic heterocycles. The Balaban J connectivity index is 2.09. The first-order valence-corrected chi connectivity index (χ1v) is 8.04. The van der Waals surface area contributed by atoms with Crippen LogP contribution in [-0.2, 0) is 6.61 Å². The molecule has 106 valence electrons. The number of aromatic nitrogens is 1. The third kappa shape index (κ3) is 3.93. The Morgan fingerprint density at radius 1 is 1.42 bits per heavy atom. The molecule has 2 rings (SSSR count). The van der Waals surface area contributed by atoms with Crippen molar-refractivity contribution in [1.29, 1.82) is 0 Å². The maximum Gasteiger partial charge on any atom is 0.134 e. The molecule has 0 amide bonds. The van der Waals surface area contributed by atoms with E-state index in [1.165, 1.54) is 32.1 Å². The molecule has 1 fully saturated rings. The normalized spacial score (nSPS) is 20.4. The van der Waals surface area contributed by atoms with E-state index in [2.05, 4.69) is 32.7 Å². The van der Waals surface area contributed by atoms with Crippen molar-refractivity contribution in [2.75, 3.05) is 18.0 Å². The minimum atomic E-state index is 0.0522. The van der Waals surface area contributed by atoms with E-state index in [9.17, 15) is 5.11 Å². The van der Waals surface area contributed by atoms with Crippen LogP contribution in [-0.4, -0.2) is 23.2 Å². The van der Waals surface area contributed by atoms with Gasteiger partial charge in [-0.15, -0.1) is 0 Å². The van der Waals surface area contributed by atoms with Gasteiger partial charge in [0.05, 0.1) is 6.61 Å². The number of anilines is 1. The van der Waals surface area contributed by atoms with Gasteiger partial charge in [0.15, 0.2) is 0 Å². The van der Waals surface area contributed by atoms with Gasteiger partial charge in [-0.1, -0.05) is 19.8 Å². The van der Waals surface area contributed by atoms with Crippen LogP contribution >= 0.6 is 15.9 Å². The second kappa shape index (κ2) is 7.25. The summed E-state index contributed by atoms with van der Waals surface area (Å²) in [6.07, 6.45) is 8.25. The van der Waals surface area contributed by atoms with Crippen LogP contribution in [0.1, 0.15) is 44.6 Å². The highest BCUT2D eigenvalue weighted by atomic mass is 79.9. The van der Waals surface area contributed by atoms with Crippen LogP contribution in [0, 0.1) is 5.92 Å². The number of nitrogens with zero attached hydrogens (tertiary/aromatic N) is 2. The zero-order valence-corrected chi connectivity index (χ0v) is 13.2. The first-order valence-electron chi connectivity index (χ1n) is 7.24. The Kier molecular flexibility index (Phi) is 5.64. The number of rotatable bonds is 4. The number of pyridine rings is 1. The Labute approximate surface area is 124 Å². The van der Waals surface area contributed by atoms with Crippen molar-refractivity contribution in [2.45, 2.75) is 45.6 Å². The average Bonchev–Trinajstić information content (AvgIpc) is 2.65. The highest BCUT2D eigenvalue weighted by Gasteiger charge is 2.19. The van der Waals surface area contributed by atoms with E-state index in [0.717, 1.165) is 34.9 Å². The predicted octanol–water partition coefficient (Wildman–Crippen LogP) is 3.74. The fraction of sp³-hybridized carbons (Fsp3) is 0.667. The Hall–Kier alpha value is -0.610. The molecule has 1 aromatic heterocycles. The summed E-state index contributed by atoms with van der Waals surface area (Å²) in [7, 11) is 0. The lowest BCUT2D eigenvalue weighted by Crippen LogP contribution is -2.26. The van der Waals surface area contributed by atoms with E-state index in [1.807, 2.05) is 12.3 Å². The summed E-state index contributed by atoms with van der Waals surface area (Å²) < 4.78 is 0.930. The van der Waals surface area contributed by atoms with Crippen LogP contribution in [0.2, 0.25) is 0 Å². The summed E-state index contributed by atoms with van der Waals surface area (Å²) in [6.45, 7) is 4.44. The zero-order valence-electron chi connectivity index (χ0n) is 11.6. The lowest BCUT2D eigenvalue weighted by atomic mass is 9.96. The highest BCUT2D eigenvalue weighted by molar-refractivity contribution is 9.10. The van der Waals surface area contributed by atoms with Gasteiger partial charge in [0.2, 0.25) is 0 Å². The SMILES string of the molecule is CCCC1CCCN(c2ncc(Br)cc2CO)CC1. The zero-order chi connectivity index (χ0) is 13.7. The molecular formula is C15H23BrN2O. The highest BCUT2D eigenvalue weighted by Crippen LogP contribution is 2.27. The Morgan fingerprint density at radius 2 is 2.26 bits per heavy atom. The van der Waals surface area contributed by atoms with Gasteiger partial charge in [0.25, 0.3) is 0 Å². The van der Waals surface area contributed by atoms with Gasteiger partial charge in [0.1, 0.15) is 5.82 Å². The van der Waals surface area contributed by atoms with Crippen LogP contribution in [0.25, 0.3) is 0 Å². The largest absolute Gasteiger partial charge is 0.392 e. The van der Waals surface area contributed by atoms with E-state index in [0.29, 0.717) is 0 Å². The van der Waals surface area contributed by atoms with E-state index in [-0.39, 0.29) is 6.61 Å². The molecule has 4 heteroatoms. The molecular weight excluding hydrogens is 304 g/mol. The minimum absolute atomic E-state index is 0.0522. The van der Waals surface area contributed by atoms with Gasteiger partial charge in [-0.05, 0) is 47.2 Å². The first-order chi connectivity index (χ1) is 9.24. The molecule has 0 bridgehead atoms. The molecule has 1 saturated heterocycles. The molecule has 0 radical (unpaired) electrons. The van der Waals surface area contributed by atoms with E-state index in [4.69, 9.17) is 0 Å². The average molecular weight is 327 g/mol. The van der Waals surface area contributed by atoms with Crippen LogP contribution in [0.3, 0.4) is 0 Å². The maximum atomic E-state index is 9.49. The fourth-order valence-electron chi connectivity index (χ4n) is 2.95. The van der Waals surface area contributed by atoms with Gasteiger partial charge >= 0.3 is 0 Å². The molecule has 1 N–H and O–H groups in total. The second-order valence-electron chi connectivity index (χ2n) is 5.37. The number of hydrogen-bond acceptors (Lipinski definition) is 3. The van der Waals surface area contributed by atoms with E-state index in [1.54, 1.807) is 0 Å². The van der Waals surface area contributed by atoms with E-state index < -0.39 is 0 Å².